The fourth-order valence-corrected chi connectivity index (χ4v) is 3.53. The second kappa shape index (κ2) is 6.33. The van der Waals surface area contributed by atoms with Crippen LogP contribution in [-0.2, 0) is 11.8 Å². The Morgan fingerprint density at radius 1 is 1.30 bits per heavy atom. The normalized spacial score (nSPS) is 17.4. The van der Waals surface area contributed by atoms with Gasteiger partial charge in [0.15, 0.2) is 18.2 Å². The van der Waals surface area contributed by atoms with E-state index in [1.807, 2.05) is 0 Å². The molecule has 2 aliphatic heterocycles. The van der Waals surface area contributed by atoms with Gasteiger partial charge in [0.2, 0.25) is 0 Å². The molecule has 142 valence electrons. The van der Waals surface area contributed by atoms with E-state index in [2.05, 4.69) is 5.10 Å². The lowest BCUT2D eigenvalue weighted by molar-refractivity contribution is -0.156. The summed E-state index contributed by atoms with van der Waals surface area (Å²) in [6.45, 7) is 1.08. The minimum Gasteiger partial charge on any atom is -0.481 e. The minimum absolute atomic E-state index is 0.0977. The molecule has 27 heavy (non-hydrogen) atoms. The van der Waals surface area contributed by atoms with Crippen LogP contribution in [0.25, 0.3) is 0 Å². The molecule has 9 heteroatoms. The highest BCUT2D eigenvalue weighted by Gasteiger charge is 2.56. The van der Waals surface area contributed by atoms with E-state index < -0.39 is 11.6 Å². The van der Waals surface area contributed by atoms with Gasteiger partial charge in [-0.1, -0.05) is 0 Å². The molecular weight excluding hydrogens is 358 g/mol. The van der Waals surface area contributed by atoms with Crippen molar-refractivity contribution < 1.29 is 23.1 Å². The van der Waals surface area contributed by atoms with E-state index in [1.165, 1.54) is 6.20 Å². The summed E-state index contributed by atoms with van der Waals surface area (Å²) in [7, 11) is 1.74. The molecule has 3 heterocycles. The predicted molar refractivity (Wildman–Crippen MR) is 90.0 cm³/mol. The summed E-state index contributed by atoms with van der Waals surface area (Å²) in [6, 6.07) is 2.83. The highest BCUT2D eigenvalue weighted by atomic mass is 19.1. The number of aryl methyl sites for hydroxylation is 1. The number of hydrogen-bond donors (Lipinski definition) is 0. The van der Waals surface area contributed by atoms with Crippen LogP contribution in [0.5, 0.6) is 5.75 Å². The van der Waals surface area contributed by atoms with E-state index in [1.54, 1.807) is 27.7 Å². The molecule has 0 atom stereocenters. The van der Waals surface area contributed by atoms with Crippen LogP contribution in [0.4, 0.5) is 8.78 Å². The third-order valence-electron chi connectivity index (χ3n) is 5.14. The summed E-state index contributed by atoms with van der Waals surface area (Å²) in [5, 5.41) is 4.01. The quantitative estimate of drug-likeness (QED) is 0.804. The Morgan fingerprint density at radius 3 is 2.70 bits per heavy atom. The van der Waals surface area contributed by atoms with Crippen molar-refractivity contribution in [1.29, 1.82) is 0 Å². The molecule has 7 nitrogen and oxygen atoms in total. The first-order valence-corrected chi connectivity index (χ1v) is 8.54. The zero-order chi connectivity index (χ0) is 19.2. The van der Waals surface area contributed by atoms with Crippen molar-refractivity contribution in [1.82, 2.24) is 19.6 Å². The molecule has 0 N–H and O–H groups in total. The fraction of sp³-hybridized carbons (Fsp3) is 0.389. The largest absolute Gasteiger partial charge is 0.481 e. The van der Waals surface area contributed by atoms with Gasteiger partial charge in [0.05, 0.1) is 17.3 Å². The molecule has 2 amide bonds. The Morgan fingerprint density at radius 2 is 2.07 bits per heavy atom. The number of aromatic nitrogens is 2. The molecule has 0 aliphatic carbocycles. The first-order valence-electron chi connectivity index (χ1n) is 8.54. The number of carbonyl (C=O) groups is 2. The minimum atomic E-state index is -0.725. The van der Waals surface area contributed by atoms with Crippen molar-refractivity contribution in [3.63, 3.8) is 0 Å². The van der Waals surface area contributed by atoms with Crippen LogP contribution in [0.3, 0.4) is 0 Å². The molecule has 1 aromatic carbocycles. The average Bonchev–Trinajstić information content (AvgIpc) is 3.00. The fourth-order valence-electron chi connectivity index (χ4n) is 3.53. The van der Waals surface area contributed by atoms with Crippen LogP contribution < -0.4 is 4.74 Å². The Labute approximate surface area is 154 Å². The van der Waals surface area contributed by atoms with Crippen LogP contribution in [-0.4, -0.2) is 63.2 Å². The van der Waals surface area contributed by atoms with Gasteiger partial charge in [0.25, 0.3) is 11.8 Å². The Balaban J connectivity index is 1.32. The maximum atomic E-state index is 13.5. The van der Waals surface area contributed by atoms with Crippen LogP contribution in [0.2, 0.25) is 0 Å². The predicted octanol–water partition coefficient (Wildman–Crippen LogP) is 1.20. The summed E-state index contributed by atoms with van der Waals surface area (Å²) in [5.74, 6) is -2.09. The van der Waals surface area contributed by atoms with Crippen molar-refractivity contribution >= 4 is 11.8 Å². The molecule has 2 saturated heterocycles. The molecule has 1 aromatic heterocycles. The van der Waals surface area contributed by atoms with Crippen LogP contribution in [0.15, 0.2) is 30.6 Å². The molecule has 2 aromatic rings. The monoisotopic (exact) mass is 376 g/mol. The topological polar surface area (TPSA) is 67.7 Å². The zero-order valence-electron chi connectivity index (χ0n) is 14.7. The Bertz CT molecular complexity index is 908. The number of amides is 2. The van der Waals surface area contributed by atoms with E-state index in [9.17, 15) is 18.4 Å². The lowest BCUT2D eigenvalue weighted by Crippen LogP contribution is -2.78. The summed E-state index contributed by atoms with van der Waals surface area (Å²) in [4.78, 5) is 28.1. The molecule has 2 fully saturated rings. The average molecular weight is 376 g/mol. The van der Waals surface area contributed by atoms with Gasteiger partial charge in [-0.3, -0.25) is 14.3 Å². The third-order valence-corrected chi connectivity index (χ3v) is 5.14. The van der Waals surface area contributed by atoms with E-state index in [4.69, 9.17) is 4.74 Å². The first-order chi connectivity index (χ1) is 12.9. The summed E-state index contributed by atoms with van der Waals surface area (Å²) in [5.41, 5.74) is 0.179. The van der Waals surface area contributed by atoms with Crippen molar-refractivity contribution in [2.75, 3.05) is 26.2 Å². The lowest BCUT2D eigenvalue weighted by Gasteiger charge is -2.62. The second-order valence-corrected chi connectivity index (χ2v) is 6.95. The highest BCUT2D eigenvalue weighted by Crippen LogP contribution is 2.40. The molecule has 0 radical (unpaired) electrons. The van der Waals surface area contributed by atoms with Crippen LogP contribution >= 0.6 is 0 Å². The summed E-state index contributed by atoms with van der Waals surface area (Å²) >= 11 is 0. The van der Waals surface area contributed by atoms with Crippen LogP contribution in [0.1, 0.15) is 16.8 Å². The summed E-state index contributed by atoms with van der Waals surface area (Å²) < 4.78 is 33.4. The van der Waals surface area contributed by atoms with Gasteiger partial charge in [-0.25, -0.2) is 8.78 Å². The number of hydrogen-bond acceptors (Lipinski definition) is 4. The zero-order valence-corrected chi connectivity index (χ0v) is 14.7. The van der Waals surface area contributed by atoms with Crippen molar-refractivity contribution in [2.45, 2.75) is 12.0 Å². The van der Waals surface area contributed by atoms with Crippen molar-refractivity contribution in [2.24, 2.45) is 7.05 Å². The molecule has 0 saturated carbocycles. The van der Waals surface area contributed by atoms with Gasteiger partial charge >= 0.3 is 0 Å². The molecular formula is C18H18F2N4O3. The lowest BCUT2D eigenvalue weighted by atomic mass is 9.77. The Kier molecular flexibility index (Phi) is 4.09. The maximum absolute atomic E-state index is 13.5. The standard InChI is InChI=1S/C18H18F2N4O3/c1-22-8-12(7-21-22)17(26)24-5-4-18(24)10-23(11-18)16(25)9-27-15-6-13(19)2-3-14(15)20/h2-3,6-8H,4-5,9-11H2,1H3. The van der Waals surface area contributed by atoms with Gasteiger partial charge in [-0.15, -0.1) is 0 Å². The maximum Gasteiger partial charge on any atom is 0.260 e. The number of benzene rings is 1. The van der Waals surface area contributed by atoms with Gasteiger partial charge in [-0.2, -0.15) is 5.10 Å². The highest BCUT2D eigenvalue weighted by molar-refractivity contribution is 5.95. The molecule has 1 spiro atoms. The smallest absolute Gasteiger partial charge is 0.260 e. The van der Waals surface area contributed by atoms with Crippen molar-refractivity contribution in [3.05, 3.63) is 47.8 Å². The molecule has 0 unspecified atom stereocenters. The van der Waals surface area contributed by atoms with Gasteiger partial charge in [0.1, 0.15) is 5.82 Å². The molecule has 4 rings (SSSR count). The van der Waals surface area contributed by atoms with Gasteiger partial charge in [0, 0.05) is 38.9 Å². The molecule has 0 bridgehead atoms. The van der Waals surface area contributed by atoms with E-state index >= 15 is 0 Å². The number of ether oxygens (including phenoxy) is 1. The van der Waals surface area contributed by atoms with Gasteiger partial charge in [-0.05, 0) is 18.6 Å². The number of halogens is 2. The number of likely N-dealkylation sites (tertiary alicyclic amines) is 2. The SMILES string of the molecule is Cn1cc(C(=O)N2CCC23CN(C(=O)COc2cc(F)ccc2F)C3)cn1. The van der Waals surface area contributed by atoms with E-state index in [0.717, 1.165) is 24.6 Å². The molecule has 2 aliphatic rings. The Hall–Kier alpha value is -2.97. The second-order valence-electron chi connectivity index (χ2n) is 6.95. The first kappa shape index (κ1) is 17.4. The van der Waals surface area contributed by atoms with E-state index in [0.29, 0.717) is 25.2 Å². The van der Waals surface area contributed by atoms with E-state index in [-0.39, 0.29) is 29.7 Å². The summed E-state index contributed by atoms with van der Waals surface area (Å²) in [6.07, 6.45) is 4.01. The van der Waals surface area contributed by atoms with Crippen molar-refractivity contribution in [3.8, 4) is 5.75 Å². The van der Waals surface area contributed by atoms with Crippen LogP contribution in [0, 0.1) is 11.6 Å². The number of nitrogens with zero attached hydrogens (tertiary/aromatic N) is 4. The van der Waals surface area contributed by atoms with Gasteiger partial charge < -0.3 is 14.5 Å². The number of rotatable bonds is 4. The third kappa shape index (κ3) is 3.02. The number of carbonyl (C=O) groups excluding carboxylic acids is 2.